The molecule has 0 aliphatic heterocycles. The minimum absolute atomic E-state index is 0.541. The number of hydrogen-bond donors (Lipinski definition) is 1. The van der Waals surface area contributed by atoms with E-state index in [1.54, 1.807) is 17.0 Å². The van der Waals surface area contributed by atoms with Gasteiger partial charge in [-0.1, -0.05) is 0 Å². The summed E-state index contributed by atoms with van der Waals surface area (Å²) in [6, 6.07) is 0. The molecule has 1 N–H and O–H groups in total. The van der Waals surface area contributed by atoms with E-state index in [0.29, 0.717) is 18.7 Å². The standard InChI is InChI=1S/C9H12N2O/c1-3-4-5-8(12)9-10-6-7-11(9)2/h1,6-8,12H,4-5H2,2H3. The molecule has 0 spiro atoms. The lowest BCUT2D eigenvalue weighted by Gasteiger charge is -2.07. The van der Waals surface area contributed by atoms with E-state index in [1.807, 2.05) is 7.05 Å². The summed E-state index contributed by atoms with van der Waals surface area (Å²) in [5.41, 5.74) is 0. The average Bonchev–Trinajstić information content (AvgIpc) is 2.47. The largest absolute Gasteiger partial charge is 0.385 e. The number of aromatic nitrogens is 2. The number of terminal acetylenes is 1. The highest BCUT2D eigenvalue weighted by Gasteiger charge is 2.10. The lowest BCUT2D eigenvalue weighted by molar-refractivity contribution is 0.156. The molecule has 0 saturated carbocycles. The Morgan fingerprint density at radius 1 is 1.83 bits per heavy atom. The lowest BCUT2D eigenvalue weighted by atomic mass is 10.2. The van der Waals surface area contributed by atoms with Gasteiger partial charge in [-0.05, 0) is 6.42 Å². The summed E-state index contributed by atoms with van der Waals surface area (Å²) in [5, 5.41) is 9.54. The van der Waals surface area contributed by atoms with Gasteiger partial charge in [0, 0.05) is 25.9 Å². The summed E-state index contributed by atoms with van der Waals surface area (Å²) in [5.74, 6) is 3.15. The van der Waals surface area contributed by atoms with Crippen LogP contribution in [0.5, 0.6) is 0 Å². The van der Waals surface area contributed by atoms with Gasteiger partial charge in [-0.2, -0.15) is 0 Å². The van der Waals surface area contributed by atoms with Crippen LogP contribution in [0.25, 0.3) is 0 Å². The first-order valence-corrected chi connectivity index (χ1v) is 3.84. The van der Waals surface area contributed by atoms with Crippen molar-refractivity contribution in [2.75, 3.05) is 0 Å². The van der Waals surface area contributed by atoms with E-state index in [9.17, 15) is 5.11 Å². The van der Waals surface area contributed by atoms with E-state index in [2.05, 4.69) is 10.9 Å². The topological polar surface area (TPSA) is 38.1 Å². The van der Waals surface area contributed by atoms with Crippen molar-refractivity contribution >= 4 is 0 Å². The summed E-state index contributed by atoms with van der Waals surface area (Å²) >= 11 is 0. The van der Waals surface area contributed by atoms with Crippen LogP contribution in [0, 0.1) is 12.3 Å². The van der Waals surface area contributed by atoms with Gasteiger partial charge in [0.1, 0.15) is 11.9 Å². The van der Waals surface area contributed by atoms with Crippen molar-refractivity contribution < 1.29 is 5.11 Å². The monoisotopic (exact) mass is 164 g/mol. The number of aryl methyl sites for hydroxylation is 1. The first-order chi connectivity index (χ1) is 5.75. The SMILES string of the molecule is C#CCCC(O)c1nccn1C. The second-order valence-electron chi connectivity index (χ2n) is 2.65. The van der Waals surface area contributed by atoms with E-state index < -0.39 is 6.10 Å². The van der Waals surface area contributed by atoms with Crippen LogP contribution >= 0.6 is 0 Å². The van der Waals surface area contributed by atoms with Gasteiger partial charge in [-0.25, -0.2) is 4.98 Å². The maximum absolute atomic E-state index is 9.54. The molecule has 12 heavy (non-hydrogen) atoms. The van der Waals surface area contributed by atoms with Crippen molar-refractivity contribution in [3.63, 3.8) is 0 Å². The Hall–Kier alpha value is -1.27. The molecular formula is C9H12N2O. The van der Waals surface area contributed by atoms with Crippen LogP contribution in [0.2, 0.25) is 0 Å². The number of nitrogens with zero attached hydrogens (tertiary/aromatic N) is 2. The van der Waals surface area contributed by atoms with Gasteiger partial charge < -0.3 is 9.67 Å². The Labute approximate surface area is 72.1 Å². The fourth-order valence-electron chi connectivity index (χ4n) is 1.05. The number of aliphatic hydroxyl groups excluding tert-OH is 1. The normalized spacial score (nSPS) is 12.4. The van der Waals surface area contributed by atoms with Crippen LogP contribution in [0.3, 0.4) is 0 Å². The molecule has 0 fully saturated rings. The highest BCUT2D eigenvalue weighted by atomic mass is 16.3. The molecular weight excluding hydrogens is 152 g/mol. The minimum Gasteiger partial charge on any atom is -0.385 e. The van der Waals surface area contributed by atoms with Crippen molar-refractivity contribution in [1.82, 2.24) is 9.55 Å². The molecule has 3 nitrogen and oxygen atoms in total. The molecule has 1 aromatic heterocycles. The molecule has 3 heteroatoms. The lowest BCUT2D eigenvalue weighted by Crippen LogP contribution is -2.04. The van der Waals surface area contributed by atoms with Crippen LogP contribution < -0.4 is 0 Å². The third kappa shape index (κ3) is 1.86. The van der Waals surface area contributed by atoms with Crippen LogP contribution in [0.1, 0.15) is 24.8 Å². The molecule has 1 rings (SSSR count). The first-order valence-electron chi connectivity index (χ1n) is 3.84. The molecule has 0 aromatic carbocycles. The second-order valence-corrected chi connectivity index (χ2v) is 2.65. The van der Waals surface area contributed by atoms with Gasteiger partial charge in [-0.15, -0.1) is 12.3 Å². The molecule has 0 radical (unpaired) electrons. The Bertz CT molecular complexity index is 285. The van der Waals surface area contributed by atoms with Crippen LogP contribution in [-0.4, -0.2) is 14.7 Å². The molecule has 64 valence electrons. The zero-order valence-electron chi connectivity index (χ0n) is 7.07. The zero-order chi connectivity index (χ0) is 8.97. The van der Waals surface area contributed by atoms with Crippen molar-refractivity contribution in [3.8, 4) is 12.3 Å². The molecule has 1 unspecified atom stereocenters. The highest BCUT2D eigenvalue weighted by molar-refractivity contribution is 4.97. The Morgan fingerprint density at radius 3 is 3.08 bits per heavy atom. The fourth-order valence-corrected chi connectivity index (χ4v) is 1.05. The second kappa shape index (κ2) is 3.93. The van der Waals surface area contributed by atoms with E-state index >= 15 is 0 Å². The summed E-state index contributed by atoms with van der Waals surface area (Å²) in [6.07, 6.45) is 9.15. The molecule has 1 heterocycles. The summed E-state index contributed by atoms with van der Waals surface area (Å²) in [6.45, 7) is 0. The summed E-state index contributed by atoms with van der Waals surface area (Å²) in [7, 11) is 1.85. The van der Waals surface area contributed by atoms with E-state index in [0.717, 1.165) is 0 Å². The predicted octanol–water partition coefficient (Wildman–Crippen LogP) is 0.867. The fraction of sp³-hybridized carbons (Fsp3) is 0.444. The van der Waals surface area contributed by atoms with Crippen LogP contribution in [0.4, 0.5) is 0 Å². The maximum Gasteiger partial charge on any atom is 0.137 e. The summed E-state index contributed by atoms with van der Waals surface area (Å²) in [4.78, 5) is 4.01. The van der Waals surface area contributed by atoms with Gasteiger partial charge in [0.05, 0.1) is 0 Å². The molecule has 0 aliphatic carbocycles. The molecule has 0 bridgehead atoms. The van der Waals surface area contributed by atoms with E-state index in [1.165, 1.54) is 0 Å². The van der Waals surface area contributed by atoms with E-state index in [4.69, 9.17) is 6.42 Å². The van der Waals surface area contributed by atoms with Gasteiger partial charge in [0.25, 0.3) is 0 Å². The number of hydrogen-bond acceptors (Lipinski definition) is 2. The van der Waals surface area contributed by atoms with Crippen molar-refractivity contribution in [1.29, 1.82) is 0 Å². The summed E-state index contributed by atoms with van der Waals surface area (Å²) < 4.78 is 1.79. The van der Waals surface area contributed by atoms with Crippen molar-refractivity contribution in [2.45, 2.75) is 18.9 Å². The molecule has 0 aliphatic rings. The van der Waals surface area contributed by atoms with Crippen LogP contribution in [-0.2, 0) is 7.05 Å². The van der Waals surface area contributed by atoms with Crippen molar-refractivity contribution in [3.05, 3.63) is 18.2 Å². The smallest absolute Gasteiger partial charge is 0.137 e. The van der Waals surface area contributed by atoms with Gasteiger partial charge in [-0.3, -0.25) is 0 Å². The number of imidazole rings is 1. The third-order valence-electron chi connectivity index (χ3n) is 1.72. The quantitative estimate of drug-likeness (QED) is 0.673. The Morgan fingerprint density at radius 2 is 2.58 bits per heavy atom. The maximum atomic E-state index is 9.54. The average molecular weight is 164 g/mol. The van der Waals surface area contributed by atoms with E-state index in [-0.39, 0.29) is 0 Å². The molecule has 1 atom stereocenters. The van der Waals surface area contributed by atoms with Gasteiger partial charge in [0.2, 0.25) is 0 Å². The molecule has 1 aromatic rings. The van der Waals surface area contributed by atoms with Crippen molar-refractivity contribution in [2.24, 2.45) is 7.05 Å². The Balaban J connectivity index is 2.60. The van der Waals surface area contributed by atoms with Gasteiger partial charge in [0.15, 0.2) is 0 Å². The zero-order valence-corrected chi connectivity index (χ0v) is 7.07. The van der Waals surface area contributed by atoms with Gasteiger partial charge >= 0.3 is 0 Å². The Kier molecular flexibility index (Phi) is 2.89. The molecule has 0 amide bonds. The molecule has 0 saturated heterocycles. The first kappa shape index (κ1) is 8.82. The number of aliphatic hydroxyl groups is 1. The number of rotatable bonds is 3. The van der Waals surface area contributed by atoms with Crippen LogP contribution in [0.15, 0.2) is 12.4 Å². The third-order valence-corrected chi connectivity index (χ3v) is 1.72. The predicted molar refractivity (Wildman–Crippen MR) is 46.2 cm³/mol. The minimum atomic E-state index is -0.541. The highest BCUT2D eigenvalue weighted by Crippen LogP contribution is 2.14.